The molecule has 0 spiro atoms. The lowest BCUT2D eigenvalue weighted by atomic mass is 10.1. The van der Waals surface area contributed by atoms with E-state index in [0.29, 0.717) is 22.9 Å². The fourth-order valence-electron chi connectivity index (χ4n) is 2.48. The standard InChI is InChI=1S/C17H16FN5O3/c1-10(2)16-17(22-9-11(18)4-7-15(22)19-16)21-20-13-8-12(23(24)25)5-6-14(13)26-3/h4-10H,1-3H3. The monoisotopic (exact) mass is 357 g/mol. The zero-order chi connectivity index (χ0) is 18.8. The zero-order valence-corrected chi connectivity index (χ0v) is 14.4. The summed E-state index contributed by atoms with van der Waals surface area (Å²) in [5, 5.41) is 19.3. The number of methoxy groups -OCH3 is 1. The first-order valence-electron chi connectivity index (χ1n) is 7.82. The van der Waals surface area contributed by atoms with Crippen molar-refractivity contribution in [3.63, 3.8) is 0 Å². The molecule has 0 unspecified atom stereocenters. The number of azo groups is 1. The van der Waals surface area contributed by atoms with Crippen molar-refractivity contribution in [3.8, 4) is 5.75 Å². The van der Waals surface area contributed by atoms with E-state index >= 15 is 0 Å². The Hall–Kier alpha value is -3.36. The SMILES string of the molecule is COc1ccc([N+](=O)[O-])cc1N=Nc1c(C(C)C)nc2ccc(F)cn12. The summed E-state index contributed by atoms with van der Waals surface area (Å²) >= 11 is 0. The summed E-state index contributed by atoms with van der Waals surface area (Å²) in [5.74, 6) is 0.294. The highest BCUT2D eigenvalue weighted by atomic mass is 19.1. The van der Waals surface area contributed by atoms with Crippen LogP contribution in [0.15, 0.2) is 46.8 Å². The molecule has 2 aromatic heterocycles. The summed E-state index contributed by atoms with van der Waals surface area (Å²) < 4.78 is 20.3. The molecule has 0 bridgehead atoms. The molecule has 26 heavy (non-hydrogen) atoms. The van der Waals surface area contributed by atoms with Gasteiger partial charge in [-0.2, -0.15) is 0 Å². The van der Waals surface area contributed by atoms with Gasteiger partial charge in [0.05, 0.1) is 17.7 Å². The van der Waals surface area contributed by atoms with E-state index in [1.54, 1.807) is 6.07 Å². The number of aromatic nitrogens is 2. The average Bonchev–Trinajstić information content (AvgIpc) is 2.97. The summed E-state index contributed by atoms with van der Waals surface area (Å²) in [7, 11) is 1.43. The normalized spacial score (nSPS) is 11.6. The van der Waals surface area contributed by atoms with Crippen LogP contribution in [0, 0.1) is 15.9 Å². The number of hydrogen-bond acceptors (Lipinski definition) is 6. The molecule has 1 aromatic carbocycles. The van der Waals surface area contributed by atoms with Gasteiger partial charge in [0.15, 0.2) is 5.82 Å². The number of pyridine rings is 1. The van der Waals surface area contributed by atoms with Crippen LogP contribution in [0.25, 0.3) is 5.65 Å². The molecular formula is C17H16FN5O3. The zero-order valence-electron chi connectivity index (χ0n) is 14.4. The van der Waals surface area contributed by atoms with Crippen molar-refractivity contribution >= 4 is 22.8 Å². The molecule has 0 saturated heterocycles. The molecule has 8 nitrogen and oxygen atoms in total. The molecule has 0 N–H and O–H groups in total. The maximum absolute atomic E-state index is 13.6. The molecule has 0 aliphatic carbocycles. The number of hydrogen-bond donors (Lipinski definition) is 0. The van der Waals surface area contributed by atoms with Gasteiger partial charge in [0, 0.05) is 18.3 Å². The highest BCUT2D eigenvalue weighted by molar-refractivity contribution is 5.58. The van der Waals surface area contributed by atoms with Crippen LogP contribution >= 0.6 is 0 Å². The molecule has 0 atom stereocenters. The van der Waals surface area contributed by atoms with E-state index in [2.05, 4.69) is 15.2 Å². The molecule has 0 saturated carbocycles. The van der Waals surface area contributed by atoms with Crippen LogP contribution in [0.5, 0.6) is 5.75 Å². The first-order valence-corrected chi connectivity index (χ1v) is 7.82. The molecule has 0 aliphatic heterocycles. The smallest absolute Gasteiger partial charge is 0.271 e. The third-order valence-electron chi connectivity index (χ3n) is 3.76. The van der Waals surface area contributed by atoms with Gasteiger partial charge in [-0.1, -0.05) is 13.8 Å². The lowest BCUT2D eigenvalue weighted by Crippen LogP contribution is -1.90. The summed E-state index contributed by atoms with van der Waals surface area (Å²) in [6.07, 6.45) is 1.27. The minimum absolute atomic E-state index is 0.0268. The maximum Gasteiger partial charge on any atom is 0.271 e. The van der Waals surface area contributed by atoms with Gasteiger partial charge in [-0.3, -0.25) is 14.5 Å². The number of nitrogens with zero attached hydrogens (tertiary/aromatic N) is 5. The highest BCUT2D eigenvalue weighted by Crippen LogP contribution is 2.34. The van der Waals surface area contributed by atoms with Gasteiger partial charge < -0.3 is 4.74 Å². The molecule has 2 heterocycles. The minimum Gasteiger partial charge on any atom is -0.494 e. The van der Waals surface area contributed by atoms with E-state index in [1.807, 2.05) is 13.8 Å². The Morgan fingerprint density at radius 3 is 2.69 bits per heavy atom. The van der Waals surface area contributed by atoms with E-state index in [4.69, 9.17) is 4.74 Å². The first kappa shape index (κ1) is 17.5. The third-order valence-corrected chi connectivity index (χ3v) is 3.76. The predicted molar refractivity (Wildman–Crippen MR) is 93.1 cm³/mol. The molecule has 0 radical (unpaired) electrons. The summed E-state index contributed by atoms with van der Waals surface area (Å²) in [6.45, 7) is 3.87. The van der Waals surface area contributed by atoms with Crippen molar-refractivity contribution in [2.75, 3.05) is 7.11 Å². The van der Waals surface area contributed by atoms with E-state index in [1.165, 1.54) is 42.0 Å². The average molecular weight is 357 g/mol. The fraction of sp³-hybridized carbons (Fsp3) is 0.235. The van der Waals surface area contributed by atoms with Crippen molar-refractivity contribution in [2.45, 2.75) is 19.8 Å². The van der Waals surface area contributed by atoms with Crippen LogP contribution in [-0.4, -0.2) is 21.4 Å². The number of non-ortho nitro benzene ring substituents is 1. The van der Waals surface area contributed by atoms with E-state index in [-0.39, 0.29) is 17.3 Å². The number of fused-ring (bicyclic) bond motifs is 1. The van der Waals surface area contributed by atoms with Crippen LogP contribution in [0.3, 0.4) is 0 Å². The Morgan fingerprint density at radius 2 is 2.04 bits per heavy atom. The highest BCUT2D eigenvalue weighted by Gasteiger charge is 2.16. The van der Waals surface area contributed by atoms with Crippen LogP contribution in [-0.2, 0) is 0 Å². The van der Waals surface area contributed by atoms with Gasteiger partial charge in [-0.15, -0.1) is 10.2 Å². The Bertz CT molecular complexity index is 1010. The number of halogens is 1. The number of benzene rings is 1. The molecule has 0 aliphatic rings. The number of nitro benzene ring substituents is 1. The minimum atomic E-state index is -0.526. The van der Waals surface area contributed by atoms with Crippen molar-refractivity contribution < 1.29 is 14.1 Å². The maximum atomic E-state index is 13.6. The van der Waals surface area contributed by atoms with Crippen molar-refractivity contribution in [2.24, 2.45) is 10.2 Å². The van der Waals surface area contributed by atoms with Crippen LogP contribution < -0.4 is 4.74 Å². The Kier molecular flexibility index (Phi) is 4.61. The van der Waals surface area contributed by atoms with Crippen LogP contribution in [0.1, 0.15) is 25.5 Å². The number of imidazole rings is 1. The number of rotatable bonds is 5. The number of ether oxygens (including phenoxy) is 1. The van der Waals surface area contributed by atoms with E-state index < -0.39 is 10.7 Å². The Balaban J connectivity index is 2.14. The van der Waals surface area contributed by atoms with Gasteiger partial charge in [-0.05, 0) is 24.1 Å². The molecular weight excluding hydrogens is 341 g/mol. The van der Waals surface area contributed by atoms with Gasteiger partial charge in [-0.25, -0.2) is 9.37 Å². The molecule has 9 heteroatoms. The molecule has 0 fully saturated rings. The Morgan fingerprint density at radius 1 is 1.27 bits per heavy atom. The van der Waals surface area contributed by atoms with E-state index in [0.717, 1.165) is 0 Å². The second-order valence-electron chi connectivity index (χ2n) is 5.86. The topological polar surface area (TPSA) is 94.4 Å². The van der Waals surface area contributed by atoms with Gasteiger partial charge >= 0.3 is 0 Å². The predicted octanol–water partition coefficient (Wildman–Crippen LogP) is 4.93. The van der Waals surface area contributed by atoms with Crippen molar-refractivity contribution in [1.29, 1.82) is 0 Å². The second-order valence-corrected chi connectivity index (χ2v) is 5.86. The fourth-order valence-corrected chi connectivity index (χ4v) is 2.48. The number of nitro groups is 1. The first-order chi connectivity index (χ1) is 12.4. The van der Waals surface area contributed by atoms with E-state index in [9.17, 15) is 14.5 Å². The van der Waals surface area contributed by atoms with Gasteiger partial charge in [0.25, 0.3) is 5.69 Å². The summed E-state index contributed by atoms with van der Waals surface area (Å²) in [5.41, 5.74) is 1.24. The van der Waals surface area contributed by atoms with Gasteiger partial charge in [0.2, 0.25) is 0 Å². The summed E-state index contributed by atoms with van der Waals surface area (Å²) in [4.78, 5) is 14.9. The third kappa shape index (κ3) is 3.23. The molecule has 3 aromatic rings. The molecule has 0 amide bonds. The largest absolute Gasteiger partial charge is 0.494 e. The Labute approximate surface area is 148 Å². The lowest BCUT2D eigenvalue weighted by Gasteiger charge is -2.04. The van der Waals surface area contributed by atoms with Crippen molar-refractivity contribution in [1.82, 2.24) is 9.38 Å². The quantitative estimate of drug-likeness (QED) is 0.367. The van der Waals surface area contributed by atoms with Crippen LogP contribution in [0.2, 0.25) is 0 Å². The van der Waals surface area contributed by atoms with Crippen molar-refractivity contribution in [3.05, 3.63) is 58.2 Å². The van der Waals surface area contributed by atoms with Crippen LogP contribution in [0.4, 0.5) is 21.6 Å². The lowest BCUT2D eigenvalue weighted by molar-refractivity contribution is -0.384. The molecule has 3 rings (SSSR count). The second kappa shape index (κ2) is 6.87. The van der Waals surface area contributed by atoms with Gasteiger partial charge in [0.1, 0.15) is 22.9 Å². The summed E-state index contributed by atoms with van der Waals surface area (Å²) in [6, 6.07) is 6.90. The molecule has 134 valence electrons.